The molecule has 2 unspecified atom stereocenters. The quantitative estimate of drug-likeness (QED) is 0.407. The zero-order valence-electron chi connectivity index (χ0n) is 5.13. The molecule has 2 heteroatoms. The van der Waals surface area contributed by atoms with Crippen molar-refractivity contribution in [3.8, 4) is 12.3 Å². The molecule has 0 aromatic heterocycles. The molecule has 0 aromatic rings. The smallest absolute Gasteiger partial charge is 0.208 e. The first-order chi connectivity index (χ1) is 4.29. The number of rotatable bonds is 2. The predicted octanol–water partition coefficient (Wildman–Crippen LogP) is -0.217. The number of hydrogen-bond donors (Lipinski definition) is 1. The highest BCUT2D eigenvalue weighted by atomic mass is 16.1. The molecule has 0 radical (unpaired) electrons. The lowest BCUT2D eigenvalue weighted by Gasteiger charge is -1.85. The Labute approximate surface area is 54.4 Å². The van der Waals surface area contributed by atoms with Crippen LogP contribution < -0.4 is 5.73 Å². The minimum Gasteiger partial charge on any atom is -0.330 e. The van der Waals surface area contributed by atoms with Gasteiger partial charge in [-0.1, -0.05) is 0 Å². The summed E-state index contributed by atoms with van der Waals surface area (Å²) in [7, 11) is 0. The standard InChI is InChI=1S/C7H9NO/c1-2-7(9)6-3-5(6)4-8/h1,5-6H,3-4,8H2. The Morgan fingerprint density at radius 2 is 2.56 bits per heavy atom. The fraction of sp³-hybridized carbons (Fsp3) is 0.571. The maximum atomic E-state index is 10.7. The van der Waals surface area contributed by atoms with Gasteiger partial charge >= 0.3 is 0 Å². The molecule has 48 valence electrons. The number of carbonyl (C=O) groups excluding carboxylic acids is 1. The largest absolute Gasteiger partial charge is 0.330 e. The van der Waals surface area contributed by atoms with Gasteiger partial charge in [-0.15, -0.1) is 6.42 Å². The first kappa shape index (κ1) is 6.31. The van der Waals surface area contributed by atoms with E-state index in [-0.39, 0.29) is 11.7 Å². The van der Waals surface area contributed by atoms with Crippen molar-refractivity contribution in [1.29, 1.82) is 0 Å². The van der Waals surface area contributed by atoms with E-state index in [1.165, 1.54) is 0 Å². The van der Waals surface area contributed by atoms with E-state index in [0.717, 1.165) is 6.42 Å². The molecule has 0 spiro atoms. The molecule has 1 aliphatic rings. The van der Waals surface area contributed by atoms with Crippen molar-refractivity contribution >= 4 is 5.78 Å². The van der Waals surface area contributed by atoms with Gasteiger partial charge in [0.05, 0.1) is 0 Å². The fourth-order valence-electron chi connectivity index (χ4n) is 0.936. The maximum Gasteiger partial charge on any atom is 0.208 e. The second kappa shape index (κ2) is 2.20. The Balaban J connectivity index is 2.36. The van der Waals surface area contributed by atoms with Gasteiger partial charge in [-0.3, -0.25) is 4.79 Å². The third kappa shape index (κ3) is 1.11. The lowest BCUT2D eigenvalue weighted by molar-refractivity contribution is -0.115. The van der Waals surface area contributed by atoms with E-state index < -0.39 is 0 Å². The molecule has 1 saturated carbocycles. The van der Waals surface area contributed by atoms with Crippen molar-refractivity contribution in [3.63, 3.8) is 0 Å². The van der Waals surface area contributed by atoms with E-state index in [1.54, 1.807) is 0 Å². The highest BCUT2D eigenvalue weighted by Gasteiger charge is 2.40. The van der Waals surface area contributed by atoms with Crippen LogP contribution in [0.1, 0.15) is 6.42 Å². The minimum absolute atomic E-state index is 0.0783. The Hall–Kier alpha value is -0.810. The monoisotopic (exact) mass is 123 g/mol. The average Bonchev–Trinajstić information content (AvgIpc) is 2.64. The van der Waals surface area contributed by atoms with Gasteiger partial charge in [-0.25, -0.2) is 0 Å². The molecule has 2 nitrogen and oxygen atoms in total. The summed E-state index contributed by atoms with van der Waals surface area (Å²) in [6.07, 6.45) is 5.79. The molecule has 2 N–H and O–H groups in total. The second-order valence-corrected chi connectivity index (χ2v) is 2.35. The zero-order chi connectivity index (χ0) is 6.85. The number of Topliss-reactive ketones (excluding diaryl/α,β-unsaturated/α-hetero) is 1. The minimum atomic E-state index is -0.0783. The van der Waals surface area contributed by atoms with Crippen LogP contribution in [0, 0.1) is 24.2 Å². The normalized spacial score (nSPS) is 31.1. The van der Waals surface area contributed by atoms with Gasteiger partial charge in [-0.05, 0) is 24.8 Å². The first-order valence-corrected chi connectivity index (χ1v) is 3.00. The van der Waals surface area contributed by atoms with Gasteiger partial charge in [-0.2, -0.15) is 0 Å². The van der Waals surface area contributed by atoms with Gasteiger partial charge in [0.2, 0.25) is 5.78 Å². The summed E-state index contributed by atoms with van der Waals surface area (Å²) in [6.45, 7) is 0.595. The highest BCUT2D eigenvalue weighted by Crippen LogP contribution is 2.37. The van der Waals surface area contributed by atoms with Gasteiger partial charge in [0, 0.05) is 5.92 Å². The maximum absolute atomic E-state index is 10.7. The van der Waals surface area contributed by atoms with E-state index >= 15 is 0 Å². The molecule has 0 saturated heterocycles. The summed E-state index contributed by atoms with van der Waals surface area (Å²) in [4.78, 5) is 10.7. The molecule has 1 aliphatic carbocycles. The summed E-state index contributed by atoms with van der Waals surface area (Å²) < 4.78 is 0. The Kier molecular flexibility index (Phi) is 1.54. The number of carbonyl (C=O) groups is 1. The summed E-state index contributed by atoms with van der Waals surface area (Å²) in [5.41, 5.74) is 5.30. The van der Waals surface area contributed by atoms with Crippen LogP contribution in [-0.4, -0.2) is 12.3 Å². The summed E-state index contributed by atoms with van der Waals surface area (Å²) in [6, 6.07) is 0. The van der Waals surface area contributed by atoms with Crippen molar-refractivity contribution in [2.75, 3.05) is 6.54 Å². The van der Waals surface area contributed by atoms with Crippen molar-refractivity contribution < 1.29 is 4.79 Å². The van der Waals surface area contributed by atoms with Crippen LogP contribution in [-0.2, 0) is 4.79 Å². The number of ketones is 1. The fourth-order valence-corrected chi connectivity index (χ4v) is 0.936. The van der Waals surface area contributed by atoms with Crippen LogP contribution in [0.15, 0.2) is 0 Å². The molecule has 2 atom stereocenters. The molecular weight excluding hydrogens is 114 g/mol. The molecule has 0 aromatic carbocycles. The molecule has 1 rings (SSSR count). The van der Waals surface area contributed by atoms with E-state index in [2.05, 4.69) is 5.92 Å². The SMILES string of the molecule is C#CC(=O)C1CC1CN. The van der Waals surface area contributed by atoms with E-state index in [4.69, 9.17) is 12.2 Å². The van der Waals surface area contributed by atoms with Crippen molar-refractivity contribution in [2.45, 2.75) is 6.42 Å². The Morgan fingerprint density at radius 3 is 2.89 bits per heavy atom. The molecule has 0 amide bonds. The van der Waals surface area contributed by atoms with Crippen molar-refractivity contribution in [3.05, 3.63) is 0 Å². The van der Waals surface area contributed by atoms with Gasteiger partial charge in [0.1, 0.15) is 0 Å². The summed E-state index contributed by atoms with van der Waals surface area (Å²) >= 11 is 0. The van der Waals surface area contributed by atoms with Crippen molar-refractivity contribution in [2.24, 2.45) is 17.6 Å². The third-order valence-electron chi connectivity index (χ3n) is 1.70. The first-order valence-electron chi connectivity index (χ1n) is 3.00. The number of hydrogen-bond acceptors (Lipinski definition) is 2. The van der Waals surface area contributed by atoms with Crippen LogP contribution in [0.5, 0.6) is 0 Å². The van der Waals surface area contributed by atoms with Gasteiger partial charge < -0.3 is 5.73 Å². The van der Waals surface area contributed by atoms with Crippen LogP contribution >= 0.6 is 0 Å². The highest BCUT2D eigenvalue weighted by molar-refractivity contribution is 5.98. The van der Waals surface area contributed by atoms with E-state index in [0.29, 0.717) is 12.5 Å². The lowest BCUT2D eigenvalue weighted by atomic mass is 10.2. The molecule has 9 heavy (non-hydrogen) atoms. The topological polar surface area (TPSA) is 43.1 Å². The molecule has 0 bridgehead atoms. The Morgan fingerprint density at radius 1 is 1.89 bits per heavy atom. The molecule has 0 heterocycles. The lowest BCUT2D eigenvalue weighted by Crippen LogP contribution is -2.06. The summed E-state index contributed by atoms with van der Waals surface area (Å²) in [5.74, 6) is 2.50. The molecular formula is C7H9NO. The van der Waals surface area contributed by atoms with Crippen molar-refractivity contribution in [1.82, 2.24) is 0 Å². The van der Waals surface area contributed by atoms with E-state index in [1.807, 2.05) is 0 Å². The molecule has 1 fully saturated rings. The Bertz CT molecular complexity index is 168. The summed E-state index contributed by atoms with van der Waals surface area (Å²) in [5, 5.41) is 0. The number of nitrogens with two attached hydrogens (primary N) is 1. The van der Waals surface area contributed by atoms with Crippen LogP contribution in [0.2, 0.25) is 0 Å². The molecule has 0 aliphatic heterocycles. The second-order valence-electron chi connectivity index (χ2n) is 2.35. The van der Waals surface area contributed by atoms with Gasteiger partial charge in [0.25, 0.3) is 0 Å². The average molecular weight is 123 g/mol. The zero-order valence-corrected chi connectivity index (χ0v) is 5.13. The van der Waals surface area contributed by atoms with Crippen LogP contribution in [0.25, 0.3) is 0 Å². The van der Waals surface area contributed by atoms with E-state index in [9.17, 15) is 4.79 Å². The third-order valence-corrected chi connectivity index (χ3v) is 1.70. The van der Waals surface area contributed by atoms with Gasteiger partial charge in [0.15, 0.2) is 0 Å². The van der Waals surface area contributed by atoms with Crippen LogP contribution in [0.3, 0.4) is 0 Å². The number of terminal acetylenes is 1. The predicted molar refractivity (Wildman–Crippen MR) is 34.5 cm³/mol. The van der Waals surface area contributed by atoms with Crippen LogP contribution in [0.4, 0.5) is 0 Å².